The van der Waals surface area contributed by atoms with Crippen molar-refractivity contribution in [2.24, 2.45) is 10.1 Å². The van der Waals surface area contributed by atoms with Crippen LogP contribution in [-0.4, -0.2) is 19.1 Å². The Balaban J connectivity index is 2.17. The van der Waals surface area contributed by atoms with Gasteiger partial charge in [-0.05, 0) is 47.4 Å². The quantitative estimate of drug-likeness (QED) is 0.946. The molecule has 0 aliphatic carbocycles. The Morgan fingerprint density at radius 1 is 1.19 bits per heavy atom. The molecule has 2 aromatic rings. The largest absolute Gasteiger partial charge is 0.354 e. The molecule has 21 heavy (non-hydrogen) atoms. The van der Waals surface area contributed by atoms with Gasteiger partial charge in [0.1, 0.15) is 0 Å². The van der Waals surface area contributed by atoms with Crippen LogP contribution in [-0.2, 0) is 10.7 Å². The van der Waals surface area contributed by atoms with Crippen LogP contribution < -0.4 is 10.6 Å². The number of aryl methyl sites for hydroxylation is 1. The van der Waals surface area contributed by atoms with Gasteiger partial charge in [-0.1, -0.05) is 24.3 Å². The van der Waals surface area contributed by atoms with E-state index in [4.69, 9.17) is 5.73 Å². The van der Waals surface area contributed by atoms with Gasteiger partial charge in [-0.25, -0.2) is 4.79 Å². The van der Waals surface area contributed by atoms with Crippen LogP contribution in [0.25, 0.3) is 0 Å². The highest BCUT2D eigenvalue weighted by Crippen LogP contribution is 2.34. The number of carbonyl (C=O) groups excluding carboxylic acids is 1. The van der Waals surface area contributed by atoms with E-state index in [0.29, 0.717) is 13.1 Å². The number of nitrogens with two attached hydrogens (primary N) is 1. The summed E-state index contributed by atoms with van der Waals surface area (Å²) in [6.45, 7) is 2.97. The van der Waals surface area contributed by atoms with Crippen molar-refractivity contribution in [1.29, 1.82) is 0 Å². The molecule has 1 unspecified atom stereocenters. The van der Waals surface area contributed by atoms with Crippen molar-refractivity contribution in [3.05, 3.63) is 54.1 Å². The van der Waals surface area contributed by atoms with Crippen molar-refractivity contribution in [2.75, 3.05) is 18.0 Å². The van der Waals surface area contributed by atoms with E-state index in [1.165, 1.54) is 5.56 Å². The van der Waals surface area contributed by atoms with E-state index in [2.05, 4.69) is 17.4 Å². The van der Waals surface area contributed by atoms with E-state index in [0.717, 1.165) is 15.5 Å². The number of nitrogens with zero attached hydrogens (tertiary/aromatic N) is 2. The minimum absolute atomic E-state index is 0.205. The number of hydrogen-bond acceptors (Lipinski definition) is 2. The van der Waals surface area contributed by atoms with Crippen LogP contribution in [0.5, 0.6) is 0 Å². The molecule has 0 saturated carbocycles. The highest BCUT2D eigenvalue weighted by Gasteiger charge is 2.26. The van der Waals surface area contributed by atoms with E-state index in [1.807, 2.05) is 42.5 Å². The molecule has 2 N–H and O–H groups in total. The molecule has 1 atom stereocenters. The summed E-state index contributed by atoms with van der Waals surface area (Å²) < 4.78 is 4.39. The molecule has 2 amide bonds. The highest BCUT2D eigenvalue weighted by atomic mass is 32.2. The van der Waals surface area contributed by atoms with Crippen molar-refractivity contribution in [2.45, 2.75) is 16.7 Å². The fourth-order valence-corrected chi connectivity index (χ4v) is 4.15. The molecule has 0 aromatic heterocycles. The van der Waals surface area contributed by atoms with E-state index in [-0.39, 0.29) is 6.03 Å². The number of rotatable bonds is 3. The lowest BCUT2D eigenvalue weighted by atomic mass is 10.2. The Morgan fingerprint density at radius 2 is 1.95 bits per heavy atom. The van der Waals surface area contributed by atoms with Crippen molar-refractivity contribution in [3.63, 3.8) is 0 Å². The SMILES string of the molecule is Cc1ccc2c(c1)S(c1ccccc1)=NC(=O)N2CCN. The number of carbonyl (C=O) groups is 1. The average molecular weight is 299 g/mol. The average Bonchev–Trinajstić information content (AvgIpc) is 2.51. The van der Waals surface area contributed by atoms with E-state index in [9.17, 15) is 4.79 Å². The third-order valence-corrected chi connectivity index (χ3v) is 5.13. The van der Waals surface area contributed by atoms with Gasteiger partial charge in [-0.2, -0.15) is 4.36 Å². The first-order valence-electron chi connectivity index (χ1n) is 6.84. The summed E-state index contributed by atoms with van der Waals surface area (Å²) in [5.74, 6) is 0. The molecule has 1 aliphatic heterocycles. The Morgan fingerprint density at radius 3 is 2.67 bits per heavy atom. The Kier molecular flexibility index (Phi) is 3.86. The van der Waals surface area contributed by atoms with E-state index >= 15 is 0 Å². The van der Waals surface area contributed by atoms with Crippen molar-refractivity contribution in [3.8, 4) is 0 Å². The van der Waals surface area contributed by atoms with Gasteiger partial charge in [0.15, 0.2) is 0 Å². The minimum atomic E-state index is -0.555. The number of fused-ring (bicyclic) bond motifs is 1. The maximum absolute atomic E-state index is 12.3. The summed E-state index contributed by atoms with van der Waals surface area (Å²) in [5.41, 5.74) is 7.72. The topological polar surface area (TPSA) is 58.7 Å². The van der Waals surface area contributed by atoms with Crippen molar-refractivity contribution in [1.82, 2.24) is 0 Å². The lowest BCUT2D eigenvalue weighted by Gasteiger charge is -2.28. The Bertz CT molecular complexity index is 713. The molecular weight excluding hydrogens is 282 g/mol. The zero-order valence-electron chi connectivity index (χ0n) is 11.8. The number of urea groups is 1. The van der Waals surface area contributed by atoms with Crippen LogP contribution in [0.2, 0.25) is 0 Å². The van der Waals surface area contributed by atoms with Gasteiger partial charge in [-0.15, -0.1) is 0 Å². The molecule has 4 nitrogen and oxygen atoms in total. The van der Waals surface area contributed by atoms with Crippen LogP contribution in [0.4, 0.5) is 10.5 Å². The fraction of sp³-hybridized carbons (Fsp3) is 0.188. The molecule has 3 rings (SSSR count). The van der Waals surface area contributed by atoms with E-state index < -0.39 is 10.7 Å². The first-order valence-corrected chi connectivity index (χ1v) is 8.02. The summed E-state index contributed by atoms with van der Waals surface area (Å²) >= 11 is 0. The highest BCUT2D eigenvalue weighted by molar-refractivity contribution is 7.88. The van der Waals surface area contributed by atoms with Gasteiger partial charge in [0.05, 0.1) is 5.69 Å². The lowest BCUT2D eigenvalue weighted by molar-refractivity contribution is 0.254. The first kappa shape index (κ1) is 14.0. The van der Waals surface area contributed by atoms with Gasteiger partial charge in [-0.3, -0.25) is 4.90 Å². The van der Waals surface area contributed by atoms with Crippen LogP contribution in [0.3, 0.4) is 0 Å². The summed E-state index contributed by atoms with van der Waals surface area (Å²) in [6, 6.07) is 15.9. The second-order valence-electron chi connectivity index (χ2n) is 4.88. The standard InChI is InChI=1S/C16H17N3OS/c1-12-7-8-14-15(11-12)21(13-5-3-2-4-6-13)18-16(20)19(14)10-9-17/h2-8,11H,9-10,17H2,1H3. The summed E-state index contributed by atoms with van der Waals surface area (Å²) in [7, 11) is -0.555. The van der Waals surface area contributed by atoms with Crippen molar-refractivity contribution >= 4 is 22.4 Å². The maximum atomic E-state index is 12.3. The number of amides is 2. The molecule has 1 aliphatic rings. The predicted octanol–water partition coefficient (Wildman–Crippen LogP) is 3.11. The van der Waals surface area contributed by atoms with Crippen LogP contribution in [0.15, 0.2) is 62.7 Å². The summed E-state index contributed by atoms with van der Waals surface area (Å²) in [4.78, 5) is 16.1. The summed E-state index contributed by atoms with van der Waals surface area (Å²) in [6.07, 6.45) is 0. The molecule has 0 bridgehead atoms. The monoisotopic (exact) mass is 299 g/mol. The number of benzene rings is 2. The van der Waals surface area contributed by atoms with Gasteiger partial charge < -0.3 is 5.73 Å². The molecule has 108 valence electrons. The normalized spacial score (nSPS) is 17.3. The second-order valence-corrected chi connectivity index (χ2v) is 6.55. The number of hydrogen-bond donors (Lipinski definition) is 1. The molecule has 5 heteroatoms. The molecule has 0 fully saturated rings. The lowest BCUT2D eigenvalue weighted by Crippen LogP contribution is -2.36. The third-order valence-electron chi connectivity index (χ3n) is 3.33. The van der Waals surface area contributed by atoms with E-state index in [1.54, 1.807) is 4.90 Å². The summed E-state index contributed by atoms with van der Waals surface area (Å²) in [5, 5.41) is 0. The zero-order valence-corrected chi connectivity index (χ0v) is 12.6. The van der Waals surface area contributed by atoms with Crippen LogP contribution in [0, 0.1) is 6.92 Å². The first-order chi connectivity index (χ1) is 10.2. The van der Waals surface area contributed by atoms with Gasteiger partial charge in [0, 0.05) is 22.9 Å². The van der Waals surface area contributed by atoms with Gasteiger partial charge >= 0.3 is 6.03 Å². The van der Waals surface area contributed by atoms with Crippen LogP contribution in [0.1, 0.15) is 5.56 Å². The Labute approximate surface area is 126 Å². The van der Waals surface area contributed by atoms with Crippen molar-refractivity contribution < 1.29 is 4.79 Å². The molecule has 1 heterocycles. The predicted molar refractivity (Wildman–Crippen MR) is 85.7 cm³/mol. The van der Waals surface area contributed by atoms with Gasteiger partial charge in [0.2, 0.25) is 0 Å². The molecule has 2 aromatic carbocycles. The third kappa shape index (κ3) is 2.62. The van der Waals surface area contributed by atoms with Gasteiger partial charge in [0.25, 0.3) is 0 Å². The molecule has 0 saturated heterocycles. The Hall–Kier alpha value is -1.98. The fourth-order valence-electron chi connectivity index (χ4n) is 2.35. The number of anilines is 1. The molecule has 0 radical (unpaired) electrons. The zero-order chi connectivity index (χ0) is 14.8. The smallest absolute Gasteiger partial charge is 0.329 e. The minimum Gasteiger partial charge on any atom is -0.329 e. The van der Waals surface area contributed by atoms with Crippen LogP contribution >= 0.6 is 0 Å². The molecule has 0 spiro atoms. The molecular formula is C16H17N3OS. The second kappa shape index (κ2) is 5.79. The maximum Gasteiger partial charge on any atom is 0.354 e.